The summed E-state index contributed by atoms with van der Waals surface area (Å²) in [5.41, 5.74) is 2.03. The monoisotopic (exact) mass is 206 g/mol. The van der Waals surface area contributed by atoms with Gasteiger partial charge in [0.15, 0.2) is 0 Å². The number of hydrogen-bond acceptors (Lipinski definition) is 2. The fourth-order valence-electron chi connectivity index (χ4n) is 1.13. The van der Waals surface area contributed by atoms with E-state index in [-0.39, 0.29) is 0 Å². The molecule has 0 aliphatic rings. The van der Waals surface area contributed by atoms with Gasteiger partial charge in [-0.3, -0.25) is 0 Å². The van der Waals surface area contributed by atoms with Crippen molar-refractivity contribution in [2.45, 2.75) is 19.8 Å². The van der Waals surface area contributed by atoms with Crippen molar-refractivity contribution in [3.05, 3.63) is 42.5 Å². The number of unbranched alkanes of at least 4 members (excludes halogenated alkanes) is 1. The first kappa shape index (κ1) is 12.0. The highest BCUT2D eigenvalue weighted by Crippen LogP contribution is 2.11. The van der Waals surface area contributed by atoms with E-state index in [9.17, 15) is 0 Å². The van der Waals surface area contributed by atoms with Gasteiger partial charge in [-0.2, -0.15) is 0 Å². The van der Waals surface area contributed by atoms with Crippen LogP contribution >= 0.6 is 0 Å². The first-order chi connectivity index (χ1) is 7.34. The van der Waals surface area contributed by atoms with E-state index < -0.39 is 0 Å². The molecular weight excluding hydrogens is 188 g/mol. The predicted molar refractivity (Wildman–Crippen MR) is 62.3 cm³/mol. The van der Waals surface area contributed by atoms with E-state index in [0.29, 0.717) is 13.2 Å². The van der Waals surface area contributed by atoms with E-state index in [1.165, 1.54) is 0 Å². The molecule has 0 unspecified atom stereocenters. The van der Waals surface area contributed by atoms with Crippen LogP contribution in [0.15, 0.2) is 36.9 Å². The van der Waals surface area contributed by atoms with Crippen LogP contribution in [0, 0.1) is 0 Å². The summed E-state index contributed by atoms with van der Waals surface area (Å²) in [6.45, 7) is 7.13. The third-order valence-electron chi connectivity index (χ3n) is 2.08. The molecule has 0 N–H and O–H groups in total. The van der Waals surface area contributed by atoms with Gasteiger partial charge in [-0.1, -0.05) is 50.3 Å². The van der Waals surface area contributed by atoms with Crippen molar-refractivity contribution in [1.29, 1.82) is 0 Å². The Hall–Kier alpha value is -1.12. The van der Waals surface area contributed by atoms with Gasteiger partial charge in [-0.15, -0.1) is 0 Å². The molecule has 0 spiro atoms. The highest BCUT2D eigenvalue weighted by atomic mass is 17.2. The maximum Gasteiger partial charge on any atom is 0.107 e. The lowest BCUT2D eigenvalue weighted by Crippen LogP contribution is -2.00. The van der Waals surface area contributed by atoms with Crippen molar-refractivity contribution in [3.8, 4) is 0 Å². The summed E-state index contributed by atoms with van der Waals surface area (Å²) in [5, 5.41) is 0. The molecule has 0 radical (unpaired) electrons. The zero-order chi connectivity index (χ0) is 10.9. The molecule has 0 bridgehead atoms. The minimum atomic E-state index is 0.424. The van der Waals surface area contributed by atoms with E-state index in [4.69, 9.17) is 9.78 Å². The lowest BCUT2D eigenvalue weighted by Gasteiger charge is -2.06. The molecular formula is C13H18O2. The van der Waals surface area contributed by atoms with Crippen LogP contribution in [-0.4, -0.2) is 13.2 Å². The summed E-state index contributed by atoms with van der Waals surface area (Å²) in [6.07, 6.45) is 2.14. The molecule has 1 aromatic carbocycles. The van der Waals surface area contributed by atoms with Crippen LogP contribution in [-0.2, 0) is 9.78 Å². The SMILES string of the molecule is C=C(COOCCCC)c1ccccc1. The molecule has 0 heterocycles. The standard InChI is InChI=1S/C13H18O2/c1-3-4-10-14-15-11-12(2)13-8-6-5-7-9-13/h5-9H,2-4,10-11H2,1H3. The second kappa shape index (κ2) is 7.21. The lowest BCUT2D eigenvalue weighted by molar-refractivity contribution is -0.284. The molecule has 0 amide bonds. The summed E-state index contributed by atoms with van der Waals surface area (Å²) in [4.78, 5) is 10.1. The van der Waals surface area contributed by atoms with Crippen LogP contribution in [0.25, 0.3) is 5.57 Å². The fraction of sp³-hybridized carbons (Fsp3) is 0.385. The van der Waals surface area contributed by atoms with Crippen LogP contribution in [0.1, 0.15) is 25.3 Å². The molecule has 0 saturated carbocycles. The van der Waals surface area contributed by atoms with E-state index in [2.05, 4.69) is 13.5 Å². The fourth-order valence-corrected chi connectivity index (χ4v) is 1.13. The van der Waals surface area contributed by atoms with Gasteiger partial charge in [0, 0.05) is 0 Å². The summed E-state index contributed by atoms with van der Waals surface area (Å²) in [7, 11) is 0. The normalized spacial score (nSPS) is 10.2. The summed E-state index contributed by atoms with van der Waals surface area (Å²) < 4.78 is 0. The lowest BCUT2D eigenvalue weighted by atomic mass is 10.1. The highest BCUT2D eigenvalue weighted by molar-refractivity contribution is 5.63. The van der Waals surface area contributed by atoms with Gasteiger partial charge in [0.05, 0.1) is 6.61 Å². The van der Waals surface area contributed by atoms with Crippen molar-refractivity contribution >= 4 is 5.57 Å². The Kier molecular flexibility index (Phi) is 5.74. The van der Waals surface area contributed by atoms with Crippen molar-refractivity contribution in [3.63, 3.8) is 0 Å². The quantitative estimate of drug-likeness (QED) is 0.386. The van der Waals surface area contributed by atoms with Gasteiger partial charge < -0.3 is 0 Å². The minimum absolute atomic E-state index is 0.424. The van der Waals surface area contributed by atoms with Gasteiger partial charge in [0.25, 0.3) is 0 Å². The number of benzene rings is 1. The highest BCUT2D eigenvalue weighted by Gasteiger charge is 1.98. The maximum atomic E-state index is 5.05. The molecule has 15 heavy (non-hydrogen) atoms. The molecule has 0 atom stereocenters. The molecule has 1 aromatic rings. The van der Waals surface area contributed by atoms with Gasteiger partial charge in [0.1, 0.15) is 6.61 Å². The second-order valence-corrected chi connectivity index (χ2v) is 3.41. The Morgan fingerprint density at radius 1 is 1.20 bits per heavy atom. The van der Waals surface area contributed by atoms with E-state index in [1.807, 2.05) is 30.3 Å². The molecule has 0 aromatic heterocycles. The summed E-state index contributed by atoms with van der Waals surface area (Å²) in [6, 6.07) is 9.97. The van der Waals surface area contributed by atoms with Gasteiger partial charge in [-0.25, -0.2) is 9.78 Å². The summed E-state index contributed by atoms with van der Waals surface area (Å²) in [5.74, 6) is 0. The summed E-state index contributed by atoms with van der Waals surface area (Å²) >= 11 is 0. The van der Waals surface area contributed by atoms with E-state index in [1.54, 1.807) is 0 Å². The Morgan fingerprint density at radius 2 is 1.93 bits per heavy atom. The van der Waals surface area contributed by atoms with Crippen LogP contribution in [0.2, 0.25) is 0 Å². The van der Waals surface area contributed by atoms with Crippen molar-refractivity contribution in [2.24, 2.45) is 0 Å². The van der Waals surface area contributed by atoms with Crippen molar-refractivity contribution in [2.75, 3.05) is 13.2 Å². The van der Waals surface area contributed by atoms with E-state index >= 15 is 0 Å². The Morgan fingerprint density at radius 3 is 2.60 bits per heavy atom. The van der Waals surface area contributed by atoms with Crippen LogP contribution in [0.5, 0.6) is 0 Å². The molecule has 0 aliphatic carbocycles. The molecule has 0 fully saturated rings. The van der Waals surface area contributed by atoms with Crippen molar-refractivity contribution in [1.82, 2.24) is 0 Å². The third-order valence-corrected chi connectivity index (χ3v) is 2.08. The molecule has 2 heteroatoms. The van der Waals surface area contributed by atoms with Gasteiger partial charge in [0.2, 0.25) is 0 Å². The zero-order valence-corrected chi connectivity index (χ0v) is 9.24. The minimum Gasteiger partial charge on any atom is -0.236 e. The van der Waals surface area contributed by atoms with Crippen LogP contribution in [0.4, 0.5) is 0 Å². The first-order valence-electron chi connectivity index (χ1n) is 5.32. The maximum absolute atomic E-state index is 5.05. The number of rotatable bonds is 7. The average molecular weight is 206 g/mol. The zero-order valence-electron chi connectivity index (χ0n) is 9.24. The Bertz CT molecular complexity index is 280. The topological polar surface area (TPSA) is 18.5 Å². The predicted octanol–water partition coefficient (Wildman–Crippen LogP) is 3.45. The smallest absolute Gasteiger partial charge is 0.107 e. The molecule has 0 saturated heterocycles. The number of hydrogen-bond donors (Lipinski definition) is 0. The van der Waals surface area contributed by atoms with Crippen molar-refractivity contribution < 1.29 is 9.78 Å². The van der Waals surface area contributed by atoms with Gasteiger partial charge >= 0.3 is 0 Å². The molecule has 0 aliphatic heterocycles. The molecule has 1 rings (SSSR count). The first-order valence-corrected chi connectivity index (χ1v) is 5.32. The second-order valence-electron chi connectivity index (χ2n) is 3.41. The van der Waals surface area contributed by atoms with Crippen LogP contribution < -0.4 is 0 Å². The Balaban J connectivity index is 2.20. The van der Waals surface area contributed by atoms with Crippen LogP contribution in [0.3, 0.4) is 0 Å². The van der Waals surface area contributed by atoms with E-state index in [0.717, 1.165) is 24.0 Å². The average Bonchev–Trinajstić information content (AvgIpc) is 2.30. The third kappa shape index (κ3) is 4.77. The molecule has 82 valence electrons. The van der Waals surface area contributed by atoms with Gasteiger partial charge in [-0.05, 0) is 17.6 Å². The Labute approximate surface area is 91.5 Å². The molecule has 2 nitrogen and oxygen atoms in total. The largest absolute Gasteiger partial charge is 0.236 e.